The minimum Gasteiger partial charge on any atom is -0.359 e. The average Bonchev–Trinajstić information content (AvgIpc) is 2.97. The van der Waals surface area contributed by atoms with Gasteiger partial charge in [0.25, 0.3) is 5.91 Å². The first-order chi connectivity index (χ1) is 13.4. The van der Waals surface area contributed by atoms with Crippen LogP contribution >= 0.6 is 0 Å². The second kappa shape index (κ2) is 8.13. The molecule has 2 N–H and O–H groups in total. The van der Waals surface area contributed by atoms with E-state index in [4.69, 9.17) is 0 Å². The highest BCUT2D eigenvalue weighted by molar-refractivity contribution is 6.05. The van der Waals surface area contributed by atoms with E-state index in [9.17, 15) is 9.59 Å². The molecule has 2 aromatic carbocycles. The third-order valence-electron chi connectivity index (χ3n) is 4.79. The van der Waals surface area contributed by atoms with E-state index in [2.05, 4.69) is 34.3 Å². The van der Waals surface area contributed by atoms with Crippen molar-refractivity contribution in [3.05, 3.63) is 82.7 Å². The Morgan fingerprint density at radius 3 is 2.32 bits per heavy atom. The summed E-state index contributed by atoms with van der Waals surface area (Å²) in [6.07, 6.45) is 0.322. The predicted molar refractivity (Wildman–Crippen MR) is 112 cm³/mol. The number of aromatic nitrogens is 1. The van der Waals surface area contributed by atoms with Crippen LogP contribution in [0.3, 0.4) is 0 Å². The Kier molecular flexibility index (Phi) is 5.64. The zero-order valence-electron chi connectivity index (χ0n) is 16.7. The van der Waals surface area contributed by atoms with Gasteiger partial charge in [0, 0.05) is 29.8 Å². The molecule has 3 rings (SSSR count). The van der Waals surface area contributed by atoms with Crippen molar-refractivity contribution in [1.82, 2.24) is 9.88 Å². The van der Waals surface area contributed by atoms with Crippen LogP contribution < -0.4 is 10.6 Å². The third kappa shape index (κ3) is 4.14. The molecule has 5 heteroatoms. The maximum absolute atomic E-state index is 12.8. The summed E-state index contributed by atoms with van der Waals surface area (Å²) >= 11 is 0. The summed E-state index contributed by atoms with van der Waals surface area (Å²) in [5.41, 5.74) is 6.38. The summed E-state index contributed by atoms with van der Waals surface area (Å²) < 4.78 is 2.09. The van der Waals surface area contributed by atoms with Crippen LogP contribution in [0.15, 0.2) is 54.6 Å². The maximum atomic E-state index is 12.8. The highest BCUT2D eigenvalue weighted by atomic mass is 16.2. The van der Waals surface area contributed by atoms with Crippen molar-refractivity contribution in [1.29, 1.82) is 0 Å². The Morgan fingerprint density at radius 1 is 0.964 bits per heavy atom. The van der Waals surface area contributed by atoms with E-state index in [-0.39, 0.29) is 11.8 Å². The number of hydrogen-bond acceptors (Lipinski definition) is 2. The van der Waals surface area contributed by atoms with Crippen LogP contribution in [0.2, 0.25) is 0 Å². The van der Waals surface area contributed by atoms with Gasteiger partial charge in [0.15, 0.2) is 0 Å². The summed E-state index contributed by atoms with van der Waals surface area (Å²) in [4.78, 5) is 24.3. The first kappa shape index (κ1) is 19.4. The van der Waals surface area contributed by atoms with Gasteiger partial charge in [0.1, 0.15) is 0 Å². The van der Waals surface area contributed by atoms with E-state index in [1.54, 1.807) is 7.05 Å². The molecule has 0 saturated heterocycles. The summed E-state index contributed by atoms with van der Waals surface area (Å²) in [6, 6.07) is 17.5. The van der Waals surface area contributed by atoms with Gasteiger partial charge >= 0.3 is 0 Å². The summed E-state index contributed by atoms with van der Waals surface area (Å²) in [6.45, 7) is 6.01. The van der Waals surface area contributed by atoms with E-state index in [1.807, 2.05) is 56.3 Å². The molecule has 144 valence electrons. The van der Waals surface area contributed by atoms with Crippen molar-refractivity contribution in [3.8, 4) is 5.69 Å². The molecule has 5 nitrogen and oxygen atoms in total. The van der Waals surface area contributed by atoms with Crippen molar-refractivity contribution < 1.29 is 9.59 Å². The number of anilines is 1. The van der Waals surface area contributed by atoms with Crippen LogP contribution in [0, 0.1) is 20.8 Å². The molecule has 0 spiro atoms. The van der Waals surface area contributed by atoms with E-state index in [0.717, 1.165) is 22.6 Å². The minimum atomic E-state index is -0.147. The maximum Gasteiger partial charge on any atom is 0.257 e. The Labute approximate surface area is 165 Å². The highest BCUT2D eigenvalue weighted by Gasteiger charge is 2.17. The molecule has 0 aliphatic rings. The summed E-state index contributed by atoms with van der Waals surface area (Å²) in [5.74, 6) is -0.188. The van der Waals surface area contributed by atoms with E-state index >= 15 is 0 Å². The molecule has 0 atom stereocenters. The van der Waals surface area contributed by atoms with Crippen LogP contribution in [0.25, 0.3) is 5.69 Å². The number of amides is 2. The fourth-order valence-corrected chi connectivity index (χ4v) is 3.34. The molecular weight excluding hydrogens is 350 g/mol. The van der Waals surface area contributed by atoms with Gasteiger partial charge in [-0.15, -0.1) is 0 Å². The Balaban J connectivity index is 1.80. The molecule has 1 heterocycles. The molecule has 0 unspecified atom stereocenters. The van der Waals surface area contributed by atoms with Gasteiger partial charge < -0.3 is 15.2 Å². The van der Waals surface area contributed by atoms with Crippen LogP contribution in [0.5, 0.6) is 0 Å². The smallest absolute Gasteiger partial charge is 0.257 e. The molecule has 0 bridgehead atoms. The lowest BCUT2D eigenvalue weighted by atomic mass is 10.1. The van der Waals surface area contributed by atoms with Gasteiger partial charge in [-0.25, -0.2) is 0 Å². The van der Waals surface area contributed by atoms with Crippen molar-refractivity contribution in [3.63, 3.8) is 0 Å². The van der Waals surface area contributed by atoms with Gasteiger partial charge in [0.05, 0.1) is 12.0 Å². The van der Waals surface area contributed by atoms with Gasteiger partial charge in [-0.3, -0.25) is 9.59 Å². The van der Waals surface area contributed by atoms with Gasteiger partial charge in [-0.05, 0) is 62.2 Å². The van der Waals surface area contributed by atoms with Crippen LogP contribution in [-0.2, 0) is 11.2 Å². The van der Waals surface area contributed by atoms with E-state index < -0.39 is 0 Å². The number of carbonyl (C=O) groups excluding carboxylic acids is 2. The first-order valence-electron chi connectivity index (χ1n) is 9.26. The fourth-order valence-electron chi connectivity index (χ4n) is 3.34. The molecule has 3 aromatic rings. The molecule has 2 amide bonds. The number of nitrogens with zero attached hydrogens (tertiary/aromatic N) is 1. The first-order valence-corrected chi connectivity index (χ1v) is 9.26. The molecule has 1 aromatic heterocycles. The zero-order chi connectivity index (χ0) is 20.3. The number of rotatable bonds is 5. The Hall–Kier alpha value is -3.34. The lowest BCUT2D eigenvalue weighted by Gasteiger charge is -2.11. The molecule has 0 fully saturated rings. The van der Waals surface area contributed by atoms with Gasteiger partial charge in [-0.2, -0.15) is 0 Å². The standard InChI is InChI=1S/C23H25N3O2/c1-15-6-5-7-20(12-15)26-16(2)13-21(17(26)3)23(28)25-19-10-8-18(9-11-19)14-22(27)24-4/h5-13H,14H2,1-4H3,(H,24,27)(H,25,28). The van der Waals surface area contributed by atoms with Gasteiger partial charge in [0.2, 0.25) is 5.91 Å². The summed E-state index contributed by atoms with van der Waals surface area (Å²) in [5, 5.41) is 5.55. The Morgan fingerprint density at radius 2 is 1.68 bits per heavy atom. The number of nitrogens with one attached hydrogen (secondary N) is 2. The van der Waals surface area contributed by atoms with Crippen molar-refractivity contribution in [2.45, 2.75) is 27.2 Å². The molecule has 0 aliphatic carbocycles. The summed E-state index contributed by atoms with van der Waals surface area (Å²) in [7, 11) is 1.62. The molecule has 28 heavy (non-hydrogen) atoms. The largest absolute Gasteiger partial charge is 0.359 e. The Bertz CT molecular complexity index is 1020. The quantitative estimate of drug-likeness (QED) is 0.709. The normalized spacial score (nSPS) is 10.6. The number of benzene rings is 2. The number of aryl methyl sites for hydroxylation is 2. The van der Waals surface area contributed by atoms with E-state index in [1.165, 1.54) is 5.56 Å². The highest BCUT2D eigenvalue weighted by Crippen LogP contribution is 2.22. The molecule has 0 aliphatic heterocycles. The van der Waals surface area contributed by atoms with Crippen molar-refractivity contribution in [2.24, 2.45) is 0 Å². The van der Waals surface area contributed by atoms with Crippen molar-refractivity contribution in [2.75, 3.05) is 12.4 Å². The molecule has 0 saturated carbocycles. The number of hydrogen-bond donors (Lipinski definition) is 2. The van der Waals surface area contributed by atoms with E-state index in [0.29, 0.717) is 17.7 Å². The second-order valence-corrected chi connectivity index (χ2v) is 6.96. The fraction of sp³-hybridized carbons (Fsp3) is 0.217. The molecular formula is C23H25N3O2. The lowest BCUT2D eigenvalue weighted by Crippen LogP contribution is -2.19. The lowest BCUT2D eigenvalue weighted by molar-refractivity contribution is -0.119. The van der Waals surface area contributed by atoms with Crippen LogP contribution in [0.1, 0.15) is 32.9 Å². The third-order valence-corrected chi connectivity index (χ3v) is 4.79. The molecule has 0 radical (unpaired) electrons. The topological polar surface area (TPSA) is 63.1 Å². The number of carbonyl (C=O) groups is 2. The predicted octanol–water partition coefficient (Wildman–Crippen LogP) is 3.94. The average molecular weight is 375 g/mol. The van der Waals surface area contributed by atoms with Crippen molar-refractivity contribution >= 4 is 17.5 Å². The van der Waals surface area contributed by atoms with Crippen LogP contribution in [0.4, 0.5) is 5.69 Å². The number of likely N-dealkylation sites (N-methyl/N-ethyl adjacent to an activating group) is 1. The minimum absolute atomic E-state index is 0.0413. The second-order valence-electron chi connectivity index (χ2n) is 6.96. The van der Waals surface area contributed by atoms with Crippen LogP contribution in [-0.4, -0.2) is 23.4 Å². The monoisotopic (exact) mass is 375 g/mol. The van der Waals surface area contributed by atoms with Gasteiger partial charge in [-0.1, -0.05) is 24.3 Å². The zero-order valence-corrected chi connectivity index (χ0v) is 16.7. The SMILES string of the molecule is CNC(=O)Cc1ccc(NC(=O)c2cc(C)n(-c3cccc(C)c3)c2C)cc1.